The van der Waals surface area contributed by atoms with Crippen molar-refractivity contribution in [1.82, 2.24) is 9.13 Å². The topological polar surface area (TPSA) is 118 Å². The summed E-state index contributed by atoms with van der Waals surface area (Å²) in [6.07, 6.45) is -0.443. The molecule has 5 atom stereocenters. The monoisotopic (exact) mass is 671 g/mol. The number of aromatic nitrogens is 2. The van der Waals surface area contributed by atoms with E-state index in [2.05, 4.69) is 6.58 Å². The maximum absolute atomic E-state index is 13.7. The number of benzene rings is 3. The predicted molar refractivity (Wildman–Crippen MR) is 178 cm³/mol. The zero-order valence-electron chi connectivity index (χ0n) is 26.5. The first-order valence-corrected chi connectivity index (χ1v) is 17.3. The molecule has 3 aromatic carbocycles. The lowest BCUT2D eigenvalue weighted by Crippen LogP contribution is -2.43. The maximum atomic E-state index is 13.7. The SMILES string of the molecule is C=C(COC[C@H]1O[C@@H](n2ccc(=O)n(Cc3ccccc3)c2=O)[C@@H]2OCO[C@@H]21)CC1(C)CN(S(=O)(=O)c2ccccc2)c2ccccc21. The van der Waals surface area contributed by atoms with E-state index in [9.17, 15) is 18.0 Å². The third kappa shape index (κ3) is 5.95. The second-order valence-electron chi connectivity index (χ2n) is 12.7. The van der Waals surface area contributed by atoms with Gasteiger partial charge in [0.05, 0.1) is 30.3 Å². The van der Waals surface area contributed by atoms with E-state index in [0.717, 1.165) is 16.7 Å². The van der Waals surface area contributed by atoms with Crippen molar-refractivity contribution in [2.75, 3.05) is 30.9 Å². The number of para-hydroxylation sites is 1. The Hall–Kier alpha value is -4.33. The van der Waals surface area contributed by atoms with Crippen LogP contribution in [0, 0.1) is 0 Å². The van der Waals surface area contributed by atoms with E-state index in [-0.39, 0.29) is 38.0 Å². The Balaban J connectivity index is 1.01. The highest BCUT2D eigenvalue weighted by atomic mass is 32.2. The zero-order valence-corrected chi connectivity index (χ0v) is 27.3. The van der Waals surface area contributed by atoms with Gasteiger partial charge in [-0.15, -0.1) is 0 Å². The molecule has 2 fully saturated rings. The maximum Gasteiger partial charge on any atom is 0.333 e. The van der Waals surface area contributed by atoms with Crippen LogP contribution in [0.25, 0.3) is 0 Å². The van der Waals surface area contributed by atoms with Crippen LogP contribution in [-0.2, 0) is 40.9 Å². The summed E-state index contributed by atoms with van der Waals surface area (Å²) in [6, 6.07) is 26.7. The molecule has 0 bridgehead atoms. The van der Waals surface area contributed by atoms with Crippen molar-refractivity contribution in [2.45, 2.75) is 54.7 Å². The number of ether oxygens (including phenoxy) is 4. The van der Waals surface area contributed by atoms with E-state index < -0.39 is 51.2 Å². The zero-order chi connectivity index (χ0) is 33.5. The molecule has 0 spiro atoms. The van der Waals surface area contributed by atoms with Crippen LogP contribution >= 0.6 is 0 Å². The summed E-state index contributed by atoms with van der Waals surface area (Å²) in [5, 5.41) is 0. The van der Waals surface area contributed by atoms with Gasteiger partial charge >= 0.3 is 5.69 Å². The molecule has 11 nitrogen and oxygen atoms in total. The van der Waals surface area contributed by atoms with Crippen LogP contribution in [-0.4, -0.2) is 62.4 Å². The molecule has 7 rings (SSSR count). The van der Waals surface area contributed by atoms with E-state index in [0.29, 0.717) is 12.1 Å². The fourth-order valence-electron chi connectivity index (χ4n) is 6.97. The van der Waals surface area contributed by atoms with Crippen LogP contribution in [0.4, 0.5) is 5.69 Å². The normalized spacial score (nSPS) is 24.8. The Kier molecular flexibility index (Phi) is 8.69. The molecular formula is C36H37N3O8S. The van der Waals surface area contributed by atoms with E-state index in [1.807, 2.05) is 61.5 Å². The highest BCUT2D eigenvalue weighted by Gasteiger charge is 2.51. The first kappa shape index (κ1) is 32.2. The third-order valence-corrected chi connectivity index (χ3v) is 11.0. The summed E-state index contributed by atoms with van der Waals surface area (Å²) in [5.41, 5.74) is 1.79. The van der Waals surface area contributed by atoms with Crippen molar-refractivity contribution < 1.29 is 27.4 Å². The molecule has 2 saturated heterocycles. The summed E-state index contributed by atoms with van der Waals surface area (Å²) in [5.74, 6) is 0. The minimum absolute atomic E-state index is 0.0525. The van der Waals surface area contributed by atoms with E-state index in [1.54, 1.807) is 30.3 Å². The summed E-state index contributed by atoms with van der Waals surface area (Å²) in [6.45, 7) is 7.14. The van der Waals surface area contributed by atoms with Crippen molar-refractivity contribution in [3.05, 3.63) is 141 Å². The van der Waals surface area contributed by atoms with Crippen LogP contribution < -0.4 is 15.6 Å². The van der Waals surface area contributed by atoms with Crippen molar-refractivity contribution in [3.63, 3.8) is 0 Å². The Labute approximate surface area is 278 Å². The van der Waals surface area contributed by atoms with Crippen LogP contribution in [0.1, 0.15) is 30.7 Å². The molecule has 0 radical (unpaired) electrons. The van der Waals surface area contributed by atoms with Gasteiger partial charge in [-0.2, -0.15) is 0 Å². The number of nitrogens with zero attached hydrogens (tertiary/aromatic N) is 3. The fourth-order valence-corrected chi connectivity index (χ4v) is 8.60. The Morgan fingerprint density at radius 1 is 0.938 bits per heavy atom. The summed E-state index contributed by atoms with van der Waals surface area (Å²) in [4.78, 5) is 26.4. The molecule has 1 unspecified atom stereocenters. The largest absolute Gasteiger partial charge is 0.374 e. The lowest BCUT2D eigenvalue weighted by molar-refractivity contribution is -0.116. The van der Waals surface area contributed by atoms with Gasteiger partial charge in [0.25, 0.3) is 15.6 Å². The molecule has 3 aliphatic rings. The first-order valence-electron chi connectivity index (χ1n) is 15.8. The molecule has 250 valence electrons. The lowest BCUT2D eigenvalue weighted by Gasteiger charge is -2.27. The highest BCUT2D eigenvalue weighted by molar-refractivity contribution is 7.92. The van der Waals surface area contributed by atoms with Crippen molar-refractivity contribution in [1.29, 1.82) is 0 Å². The van der Waals surface area contributed by atoms with E-state index in [4.69, 9.17) is 18.9 Å². The van der Waals surface area contributed by atoms with Crippen LogP contribution in [0.15, 0.2) is 124 Å². The van der Waals surface area contributed by atoms with Crippen LogP contribution in [0.3, 0.4) is 0 Å². The van der Waals surface area contributed by atoms with Gasteiger partial charge in [0.15, 0.2) is 6.23 Å². The minimum Gasteiger partial charge on any atom is -0.374 e. The molecule has 0 N–H and O–H groups in total. The van der Waals surface area contributed by atoms with Gasteiger partial charge in [-0.1, -0.05) is 85.8 Å². The molecule has 0 amide bonds. The predicted octanol–water partition coefficient (Wildman–Crippen LogP) is 3.83. The van der Waals surface area contributed by atoms with Gasteiger partial charge in [0.2, 0.25) is 0 Å². The Bertz CT molecular complexity index is 2030. The molecule has 4 heterocycles. The molecule has 0 saturated carbocycles. The molecular weight excluding hydrogens is 634 g/mol. The number of anilines is 1. The highest BCUT2D eigenvalue weighted by Crippen LogP contribution is 2.46. The fraction of sp³-hybridized carbons (Fsp3) is 0.333. The molecule has 48 heavy (non-hydrogen) atoms. The summed E-state index contributed by atoms with van der Waals surface area (Å²) in [7, 11) is -3.76. The molecule has 4 aromatic rings. The van der Waals surface area contributed by atoms with Gasteiger partial charge in [0.1, 0.15) is 25.1 Å². The van der Waals surface area contributed by atoms with Crippen molar-refractivity contribution in [3.8, 4) is 0 Å². The number of hydrogen-bond acceptors (Lipinski definition) is 8. The Morgan fingerprint density at radius 3 is 2.40 bits per heavy atom. The first-order chi connectivity index (χ1) is 23.2. The van der Waals surface area contributed by atoms with Gasteiger partial charge < -0.3 is 18.9 Å². The molecule has 1 aromatic heterocycles. The molecule has 3 aliphatic heterocycles. The van der Waals surface area contributed by atoms with Gasteiger partial charge in [-0.05, 0) is 35.7 Å². The quantitative estimate of drug-likeness (QED) is 0.221. The molecule has 12 heteroatoms. The van der Waals surface area contributed by atoms with Crippen LogP contribution in [0.5, 0.6) is 0 Å². The average Bonchev–Trinajstić information content (AvgIpc) is 3.78. The summed E-state index contributed by atoms with van der Waals surface area (Å²) < 4.78 is 55.4. The second kappa shape index (κ2) is 12.9. The minimum atomic E-state index is -3.76. The summed E-state index contributed by atoms with van der Waals surface area (Å²) >= 11 is 0. The smallest absolute Gasteiger partial charge is 0.333 e. The average molecular weight is 672 g/mol. The Morgan fingerprint density at radius 2 is 1.62 bits per heavy atom. The standard InChI is InChI=1S/C36H37N3O8S/c1-25(19-36(2)23-39(29-16-10-9-15-28(29)36)48(42,43)27-13-7-4-8-14-27)21-44-22-30-32-33(46-24-45-32)34(47-30)37-18-17-31(40)38(35(37)41)20-26-11-5-3-6-12-26/h3-18,30,32-34H,1,19-24H2,2H3/t30-,32-,33-,34-,36?/m1/s1. The van der Waals surface area contributed by atoms with E-state index in [1.165, 1.54) is 25.7 Å². The van der Waals surface area contributed by atoms with Crippen LogP contribution in [0.2, 0.25) is 0 Å². The third-order valence-electron chi connectivity index (χ3n) is 9.23. The number of fused-ring (bicyclic) bond motifs is 2. The van der Waals surface area contributed by atoms with Crippen molar-refractivity contribution in [2.24, 2.45) is 0 Å². The molecule has 0 aliphatic carbocycles. The van der Waals surface area contributed by atoms with Gasteiger partial charge in [0, 0.05) is 24.2 Å². The lowest BCUT2D eigenvalue weighted by atomic mass is 9.79. The second-order valence-corrected chi connectivity index (χ2v) is 14.6. The van der Waals surface area contributed by atoms with Crippen molar-refractivity contribution >= 4 is 15.7 Å². The van der Waals surface area contributed by atoms with E-state index >= 15 is 0 Å². The number of hydrogen-bond donors (Lipinski definition) is 0. The van der Waals surface area contributed by atoms with Gasteiger partial charge in [-0.3, -0.25) is 18.2 Å². The number of sulfonamides is 1. The van der Waals surface area contributed by atoms with Gasteiger partial charge in [-0.25, -0.2) is 13.2 Å². The number of rotatable bonds is 11.